The number of rotatable bonds is 7. The van der Waals surface area contributed by atoms with Gasteiger partial charge in [0.05, 0.1) is 44.6 Å². The highest BCUT2D eigenvalue weighted by Crippen LogP contribution is 2.49. The fourth-order valence-electron chi connectivity index (χ4n) is 5.68. The minimum atomic E-state index is -0.441. The number of fused-ring (bicyclic) bond motifs is 2. The van der Waals surface area contributed by atoms with Crippen molar-refractivity contribution < 1.29 is 9.53 Å². The lowest BCUT2D eigenvalue weighted by molar-refractivity contribution is 0.0929. The Bertz CT molecular complexity index is 1720. The fourth-order valence-corrected chi connectivity index (χ4v) is 6.52. The summed E-state index contributed by atoms with van der Waals surface area (Å²) in [6.45, 7) is 3.03. The lowest BCUT2D eigenvalue weighted by Gasteiger charge is -2.33. The minimum Gasteiger partial charge on any atom is -0.494 e. The first-order valence-electron chi connectivity index (χ1n) is 13.7. The Kier molecular flexibility index (Phi) is 5.75. The number of benzene rings is 2. The first kappa shape index (κ1) is 24.1. The third-order valence-electron chi connectivity index (χ3n) is 8.26. The molecule has 7 rings (SSSR count). The molecule has 2 fully saturated rings. The summed E-state index contributed by atoms with van der Waals surface area (Å²) in [5, 5.41) is 7.91. The molecule has 4 heterocycles. The number of ether oxygens (including phenoxy) is 1. The Morgan fingerprint density at radius 1 is 1.15 bits per heavy atom. The van der Waals surface area contributed by atoms with E-state index in [4.69, 9.17) is 9.72 Å². The minimum absolute atomic E-state index is 0.0722. The van der Waals surface area contributed by atoms with Crippen LogP contribution in [0.25, 0.3) is 27.7 Å². The SMILES string of the molecule is Cc1ccc(O[C@@H]([SiH3])[C@@H]2CCN2)cc1C(=O)NC1(c2cc(-c3ncn4ccccc34)cc3ncccc23)CC1. The molecule has 8 heteroatoms. The number of hydrogen-bond acceptors (Lipinski definition) is 5. The number of aromatic nitrogens is 3. The first-order chi connectivity index (χ1) is 19.0. The topological polar surface area (TPSA) is 80.5 Å². The van der Waals surface area contributed by atoms with Gasteiger partial charge in [-0.2, -0.15) is 0 Å². The van der Waals surface area contributed by atoms with Crippen molar-refractivity contribution in [1.29, 1.82) is 0 Å². The van der Waals surface area contributed by atoms with Crippen LogP contribution in [0.3, 0.4) is 0 Å². The third kappa shape index (κ3) is 4.29. The van der Waals surface area contributed by atoms with E-state index in [-0.39, 0.29) is 11.6 Å². The largest absolute Gasteiger partial charge is 0.494 e. The molecular formula is C31H31N5O2Si. The number of hydrogen-bond donors (Lipinski definition) is 2. The summed E-state index contributed by atoms with van der Waals surface area (Å²) in [5.74, 6) is 0.685. The van der Waals surface area contributed by atoms with Gasteiger partial charge in [-0.05, 0) is 86.3 Å². The lowest BCUT2D eigenvalue weighted by atomic mass is 9.94. The van der Waals surface area contributed by atoms with E-state index in [0.29, 0.717) is 11.6 Å². The molecule has 2 N–H and O–H groups in total. The monoisotopic (exact) mass is 533 g/mol. The standard InChI is InChI=1S/C31H31N5O2Si/c1-19-7-8-21(38-30(39)25-9-13-33-25)17-23(19)29(37)35-31(10-11-31)24-15-20(16-26-22(24)5-4-12-32-26)28-27-6-2-3-14-36(27)18-34-28/h2-8,12,14-18,25,30,33H,9-11,13H2,1,39H3,(H,35,37)/t25-,30-/m0/s1. The fraction of sp³-hybridized carbons (Fsp3) is 0.258. The Labute approximate surface area is 230 Å². The molecule has 0 radical (unpaired) electrons. The van der Waals surface area contributed by atoms with Crippen LogP contribution in [0.2, 0.25) is 0 Å². The maximum atomic E-state index is 13.8. The van der Waals surface area contributed by atoms with Gasteiger partial charge in [-0.3, -0.25) is 9.78 Å². The molecule has 0 unspecified atom stereocenters. The molecule has 2 aromatic carbocycles. The number of pyridine rings is 2. The molecule has 2 aliphatic rings. The van der Waals surface area contributed by atoms with Crippen molar-refractivity contribution in [3.05, 3.63) is 96.1 Å². The number of nitrogens with zero attached hydrogens (tertiary/aromatic N) is 3. The van der Waals surface area contributed by atoms with E-state index < -0.39 is 5.54 Å². The zero-order chi connectivity index (χ0) is 26.6. The van der Waals surface area contributed by atoms with Crippen LogP contribution in [0.4, 0.5) is 0 Å². The molecule has 0 spiro atoms. The van der Waals surface area contributed by atoms with Gasteiger partial charge in [-0.15, -0.1) is 0 Å². The average Bonchev–Trinajstić information content (AvgIpc) is 3.56. The predicted molar refractivity (Wildman–Crippen MR) is 156 cm³/mol. The van der Waals surface area contributed by atoms with Crippen LogP contribution in [0, 0.1) is 6.92 Å². The zero-order valence-electron chi connectivity index (χ0n) is 22.1. The van der Waals surface area contributed by atoms with Crippen LogP contribution in [0.1, 0.15) is 40.7 Å². The van der Waals surface area contributed by atoms with Crippen molar-refractivity contribution in [3.8, 4) is 17.0 Å². The number of amides is 1. The molecule has 196 valence electrons. The molecule has 1 aliphatic heterocycles. The Morgan fingerprint density at radius 2 is 2.03 bits per heavy atom. The van der Waals surface area contributed by atoms with Crippen molar-refractivity contribution in [3.63, 3.8) is 0 Å². The van der Waals surface area contributed by atoms with E-state index in [1.54, 1.807) is 0 Å². The van der Waals surface area contributed by atoms with Crippen LogP contribution in [0.5, 0.6) is 5.75 Å². The number of carbonyl (C=O) groups excluding carboxylic acids is 1. The van der Waals surface area contributed by atoms with Crippen molar-refractivity contribution in [1.82, 2.24) is 25.0 Å². The van der Waals surface area contributed by atoms with E-state index >= 15 is 0 Å². The van der Waals surface area contributed by atoms with Gasteiger partial charge in [-0.1, -0.05) is 18.2 Å². The van der Waals surface area contributed by atoms with Crippen molar-refractivity contribution in [2.24, 2.45) is 0 Å². The Morgan fingerprint density at radius 3 is 2.82 bits per heavy atom. The molecule has 1 aliphatic carbocycles. The number of imidazole rings is 1. The first-order valence-corrected chi connectivity index (χ1v) is 14.8. The summed E-state index contributed by atoms with van der Waals surface area (Å²) < 4.78 is 8.27. The molecule has 1 saturated heterocycles. The molecular weight excluding hydrogens is 502 g/mol. The quantitative estimate of drug-likeness (QED) is 0.312. The van der Waals surface area contributed by atoms with Gasteiger partial charge in [0.15, 0.2) is 0 Å². The summed E-state index contributed by atoms with van der Waals surface area (Å²) in [4.78, 5) is 23.2. The second-order valence-electron chi connectivity index (χ2n) is 10.9. The Balaban J connectivity index is 1.23. The van der Waals surface area contributed by atoms with Gasteiger partial charge in [0.2, 0.25) is 0 Å². The predicted octanol–water partition coefficient (Wildman–Crippen LogP) is 3.71. The highest BCUT2D eigenvalue weighted by atomic mass is 28.1. The molecule has 2 atom stereocenters. The smallest absolute Gasteiger partial charge is 0.252 e. The summed E-state index contributed by atoms with van der Waals surface area (Å²) in [7, 11) is 0.927. The van der Waals surface area contributed by atoms with E-state index in [2.05, 4.69) is 39.9 Å². The maximum Gasteiger partial charge on any atom is 0.252 e. The second kappa shape index (κ2) is 9.32. The van der Waals surface area contributed by atoms with Gasteiger partial charge in [0.25, 0.3) is 5.91 Å². The lowest BCUT2D eigenvalue weighted by Crippen LogP contribution is -2.53. The van der Waals surface area contributed by atoms with Crippen LogP contribution in [-0.4, -0.2) is 48.8 Å². The molecule has 0 bridgehead atoms. The zero-order valence-corrected chi connectivity index (χ0v) is 24.1. The summed E-state index contributed by atoms with van der Waals surface area (Å²) in [6, 6.07) is 20.7. The summed E-state index contributed by atoms with van der Waals surface area (Å²) in [6.07, 6.45) is 8.55. The van der Waals surface area contributed by atoms with Gasteiger partial charge in [0, 0.05) is 34.9 Å². The van der Waals surface area contributed by atoms with E-state index in [9.17, 15) is 4.79 Å². The van der Waals surface area contributed by atoms with Gasteiger partial charge in [0.1, 0.15) is 5.75 Å². The third-order valence-corrected chi connectivity index (χ3v) is 9.30. The molecule has 3 aromatic heterocycles. The van der Waals surface area contributed by atoms with E-state index in [0.717, 1.165) is 80.6 Å². The summed E-state index contributed by atoms with van der Waals surface area (Å²) >= 11 is 0. The van der Waals surface area contributed by atoms with Crippen LogP contribution in [0.15, 0.2) is 79.4 Å². The number of nitrogens with one attached hydrogen (secondary N) is 2. The van der Waals surface area contributed by atoms with Gasteiger partial charge in [-0.25, -0.2) is 4.98 Å². The highest BCUT2D eigenvalue weighted by Gasteiger charge is 2.47. The average molecular weight is 534 g/mol. The maximum absolute atomic E-state index is 13.8. The second-order valence-corrected chi connectivity index (χ2v) is 12.0. The van der Waals surface area contributed by atoms with Gasteiger partial charge >= 0.3 is 0 Å². The van der Waals surface area contributed by atoms with Crippen molar-refractivity contribution in [2.45, 2.75) is 43.5 Å². The van der Waals surface area contributed by atoms with Crippen molar-refractivity contribution in [2.75, 3.05) is 6.54 Å². The van der Waals surface area contributed by atoms with Gasteiger partial charge < -0.3 is 19.8 Å². The Hall–Kier alpha value is -4.01. The van der Waals surface area contributed by atoms with Crippen LogP contribution >= 0.6 is 0 Å². The van der Waals surface area contributed by atoms with E-state index in [1.807, 2.05) is 66.4 Å². The number of carbonyl (C=O) groups is 1. The molecule has 7 nitrogen and oxygen atoms in total. The molecule has 1 saturated carbocycles. The van der Waals surface area contributed by atoms with E-state index in [1.165, 1.54) is 0 Å². The molecule has 5 aromatic rings. The molecule has 39 heavy (non-hydrogen) atoms. The molecule has 1 amide bonds. The number of aryl methyl sites for hydroxylation is 1. The van der Waals surface area contributed by atoms with Crippen molar-refractivity contribution >= 4 is 32.6 Å². The summed E-state index contributed by atoms with van der Waals surface area (Å²) in [5.41, 5.74) is 6.28. The normalized spacial score (nSPS) is 18.5. The van der Waals surface area contributed by atoms with Crippen LogP contribution < -0.4 is 15.4 Å². The highest BCUT2D eigenvalue weighted by molar-refractivity contribution is 6.11. The van der Waals surface area contributed by atoms with Crippen LogP contribution in [-0.2, 0) is 5.54 Å².